The van der Waals surface area contributed by atoms with Gasteiger partial charge >= 0.3 is 12.0 Å². The van der Waals surface area contributed by atoms with E-state index in [1.807, 2.05) is 6.92 Å². The molecule has 1 rings (SSSR count). The lowest BCUT2D eigenvalue weighted by atomic mass is 10.1. The fourth-order valence-corrected chi connectivity index (χ4v) is 2.10. The molecule has 2 amide bonds. The van der Waals surface area contributed by atoms with E-state index in [1.54, 1.807) is 12.0 Å². The molecule has 1 saturated heterocycles. The molecule has 1 aliphatic rings. The van der Waals surface area contributed by atoms with E-state index in [1.165, 1.54) is 0 Å². The van der Waals surface area contributed by atoms with Crippen LogP contribution >= 0.6 is 0 Å². The van der Waals surface area contributed by atoms with Crippen molar-refractivity contribution in [1.82, 2.24) is 10.2 Å². The van der Waals surface area contributed by atoms with Crippen LogP contribution < -0.4 is 5.32 Å². The molecule has 2 atom stereocenters. The van der Waals surface area contributed by atoms with E-state index < -0.39 is 5.97 Å². The van der Waals surface area contributed by atoms with Gasteiger partial charge in [0.1, 0.15) is 0 Å². The summed E-state index contributed by atoms with van der Waals surface area (Å²) in [6.07, 6.45) is 1.65. The lowest BCUT2D eigenvalue weighted by Crippen LogP contribution is -2.47. The second-order valence-corrected chi connectivity index (χ2v) is 4.39. The van der Waals surface area contributed by atoms with Crippen molar-refractivity contribution in [3.8, 4) is 0 Å². The second kappa shape index (κ2) is 6.44. The molecule has 6 nitrogen and oxygen atoms in total. The maximum absolute atomic E-state index is 11.9. The van der Waals surface area contributed by atoms with Gasteiger partial charge in [-0.15, -0.1) is 0 Å². The number of nitrogens with one attached hydrogen (secondary N) is 1. The van der Waals surface area contributed by atoms with Gasteiger partial charge in [0.15, 0.2) is 0 Å². The molecule has 0 aromatic carbocycles. The van der Waals surface area contributed by atoms with E-state index in [0.717, 1.165) is 12.8 Å². The maximum Gasteiger partial charge on any atom is 0.317 e. The number of nitrogens with zero attached hydrogens (tertiary/aromatic N) is 1. The highest BCUT2D eigenvalue weighted by atomic mass is 16.5. The zero-order valence-corrected chi connectivity index (χ0v) is 10.3. The van der Waals surface area contributed by atoms with E-state index >= 15 is 0 Å². The van der Waals surface area contributed by atoms with Crippen molar-refractivity contribution >= 4 is 12.0 Å². The largest absolute Gasteiger partial charge is 0.481 e. The summed E-state index contributed by atoms with van der Waals surface area (Å²) in [7, 11) is 1.58. The van der Waals surface area contributed by atoms with Crippen molar-refractivity contribution in [2.75, 3.05) is 20.3 Å². The van der Waals surface area contributed by atoms with Crippen molar-refractivity contribution in [3.05, 3.63) is 0 Å². The molecular formula is C11H20N2O4. The number of carboxylic acids is 1. The highest BCUT2D eigenvalue weighted by Gasteiger charge is 2.30. The smallest absolute Gasteiger partial charge is 0.317 e. The molecule has 0 bridgehead atoms. The summed E-state index contributed by atoms with van der Waals surface area (Å²) in [5, 5.41) is 11.6. The first-order chi connectivity index (χ1) is 8.04. The Balaban J connectivity index is 2.46. The third-order valence-electron chi connectivity index (χ3n) is 2.83. The minimum Gasteiger partial charge on any atom is -0.481 e. The summed E-state index contributed by atoms with van der Waals surface area (Å²) in [5.74, 6) is -0.861. The van der Waals surface area contributed by atoms with Crippen molar-refractivity contribution in [2.24, 2.45) is 0 Å². The van der Waals surface area contributed by atoms with Gasteiger partial charge in [0.05, 0.1) is 19.1 Å². The number of hydrogen-bond donors (Lipinski definition) is 2. The first-order valence-corrected chi connectivity index (χ1v) is 5.82. The minimum absolute atomic E-state index is 0.0199. The fraction of sp³-hybridized carbons (Fsp3) is 0.818. The Morgan fingerprint density at radius 1 is 1.59 bits per heavy atom. The Hall–Kier alpha value is -1.30. The van der Waals surface area contributed by atoms with Crippen LogP contribution in [0.5, 0.6) is 0 Å². The Labute approximate surface area is 101 Å². The lowest BCUT2D eigenvalue weighted by molar-refractivity contribution is -0.137. The van der Waals surface area contributed by atoms with Gasteiger partial charge in [0.2, 0.25) is 0 Å². The first kappa shape index (κ1) is 13.8. The van der Waals surface area contributed by atoms with Crippen LogP contribution in [0.4, 0.5) is 4.79 Å². The molecule has 0 aromatic heterocycles. The zero-order chi connectivity index (χ0) is 12.8. The van der Waals surface area contributed by atoms with Gasteiger partial charge < -0.3 is 20.1 Å². The first-order valence-electron chi connectivity index (χ1n) is 5.82. The van der Waals surface area contributed by atoms with Crippen LogP contribution in [-0.2, 0) is 9.53 Å². The van der Waals surface area contributed by atoms with E-state index in [2.05, 4.69) is 5.32 Å². The average Bonchev–Trinajstić information content (AvgIpc) is 2.65. The molecule has 6 heteroatoms. The highest BCUT2D eigenvalue weighted by Crippen LogP contribution is 2.20. The van der Waals surface area contributed by atoms with Crippen LogP contribution in [0.1, 0.15) is 26.2 Å². The van der Waals surface area contributed by atoms with Crippen LogP contribution in [0.25, 0.3) is 0 Å². The number of carbonyl (C=O) groups excluding carboxylic acids is 1. The summed E-state index contributed by atoms with van der Waals surface area (Å²) in [5.41, 5.74) is 0. The van der Waals surface area contributed by atoms with Crippen molar-refractivity contribution in [1.29, 1.82) is 0 Å². The standard InChI is InChI=1S/C11H20N2O4/c1-8(7-17-2)12-11(16)13-5-3-4-9(13)6-10(14)15/h8-9H,3-7H2,1-2H3,(H,12,16)(H,14,15). The average molecular weight is 244 g/mol. The van der Waals surface area contributed by atoms with Gasteiger partial charge in [0.25, 0.3) is 0 Å². The Morgan fingerprint density at radius 3 is 2.88 bits per heavy atom. The number of rotatable bonds is 5. The number of carboxylic acid groups (broad SMARTS) is 1. The molecule has 0 aliphatic carbocycles. The van der Waals surface area contributed by atoms with Gasteiger partial charge in [-0.1, -0.05) is 0 Å². The molecule has 0 spiro atoms. The summed E-state index contributed by atoms with van der Waals surface area (Å²) in [4.78, 5) is 24.2. The van der Waals surface area contributed by atoms with Crippen LogP contribution in [-0.4, -0.2) is 54.4 Å². The molecule has 98 valence electrons. The third kappa shape index (κ3) is 4.22. The number of ether oxygens (including phenoxy) is 1. The number of methoxy groups -OCH3 is 1. The van der Waals surface area contributed by atoms with Gasteiger partial charge in [0, 0.05) is 19.7 Å². The third-order valence-corrected chi connectivity index (χ3v) is 2.83. The minimum atomic E-state index is -0.861. The molecule has 1 aliphatic heterocycles. The normalized spacial score (nSPS) is 21.3. The summed E-state index contributed by atoms with van der Waals surface area (Å²) in [6, 6.07) is -0.445. The summed E-state index contributed by atoms with van der Waals surface area (Å²) in [6.45, 7) is 2.93. The Bertz CT molecular complexity index is 283. The number of urea groups is 1. The molecule has 0 aromatic rings. The molecule has 1 heterocycles. The molecule has 2 unspecified atom stereocenters. The maximum atomic E-state index is 11.9. The topological polar surface area (TPSA) is 78.9 Å². The molecule has 2 N–H and O–H groups in total. The highest BCUT2D eigenvalue weighted by molar-refractivity contribution is 5.76. The fourth-order valence-electron chi connectivity index (χ4n) is 2.10. The van der Waals surface area contributed by atoms with Gasteiger partial charge in [-0.2, -0.15) is 0 Å². The summed E-state index contributed by atoms with van der Waals surface area (Å²) >= 11 is 0. The number of aliphatic carboxylic acids is 1. The van der Waals surface area contributed by atoms with Crippen molar-refractivity contribution in [3.63, 3.8) is 0 Å². The number of carbonyl (C=O) groups is 2. The second-order valence-electron chi connectivity index (χ2n) is 4.39. The van der Waals surface area contributed by atoms with Crippen LogP contribution in [0.15, 0.2) is 0 Å². The number of likely N-dealkylation sites (tertiary alicyclic amines) is 1. The molecule has 1 fully saturated rings. The van der Waals surface area contributed by atoms with Gasteiger partial charge in [-0.3, -0.25) is 4.79 Å². The van der Waals surface area contributed by atoms with Crippen LogP contribution in [0.3, 0.4) is 0 Å². The summed E-state index contributed by atoms with van der Waals surface area (Å²) < 4.78 is 4.93. The zero-order valence-electron chi connectivity index (χ0n) is 10.3. The van der Waals surface area contributed by atoms with Crippen LogP contribution in [0.2, 0.25) is 0 Å². The molecule has 0 radical (unpaired) electrons. The predicted molar refractivity (Wildman–Crippen MR) is 61.9 cm³/mol. The van der Waals surface area contributed by atoms with E-state index in [9.17, 15) is 9.59 Å². The molecule has 17 heavy (non-hydrogen) atoms. The SMILES string of the molecule is COCC(C)NC(=O)N1CCCC1CC(=O)O. The molecular weight excluding hydrogens is 224 g/mol. The van der Waals surface area contributed by atoms with E-state index in [4.69, 9.17) is 9.84 Å². The van der Waals surface area contributed by atoms with Gasteiger partial charge in [-0.05, 0) is 19.8 Å². The molecule has 0 saturated carbocycles. The van der Waals surface area contributed by atoms with Crippen LogP contribution in [0, 0.1) is 0 Å². The van der Waals surface area contributed by atoms with E-state index in [0.29, 0.717) is 13.2 Å². The Kier molecular flexibility index (Phi) is 5.21. The quantitative estimate of drug-likeness (QED) is 0.745. The monoisotopic (exact) mass is 244 g/mol. The van der Waals surface area contributed by atoms with Crippen molar-refractivity contribution < 1.29 is 19.4 Å². The predicted octanol–water partition coefficient (Wildman–Crippen LogP) is 0.670. The number of hydrogen-bond acceptors (Lipinski definition) is 3. The van der Waals surface area contributed by atoms with Gasteiger partial charge in [-0.25, -0.2) is 4.79 Å². The number of amides is 2. The van der Waals surface area contributed by atoms with Crippen molar-refractivity contribution in [2.45, 2.75) is 38.3 Å². The van der Waals surface area contributed by atoms with E-state index in [-0.39, 0.29) is 24.5 Å². The lowest BCUT2D eigenvalue weighted by Gasteiger charge is -2.25. The Morgan fingerprint density at radius 2 is 2.29 bits per heavy atom.